The Balaban J connectivity index is 2.02. The highest BCUT2D eigenvalue weighted by Crippen LogP contribution is 2.25. The van der Waals surface area contributed by atoms with Crippen molar-refractivity contribution in [3.63, 3.8) is 0 Å². The molecule has 0 bridgehead atoms. The van der Waals surface area contributed by atoms with Crippen molar-refractivity contribution in [1.82, 2.24) is 0 Å². The van der Waals surface area contributed by atoms with Crippen molar-refractivity contribution >= 4 is 23.0 Å². The molecule has 0 atom stereocenters. The third-order valence-corrected chi connectivity index (χ3v) is 4.16. The van der Waals surface area contributed by atoms with E-state index in [0.717, 1.165) is 22.0 Å². The van der Waals surface area contributed by atoms with Crippen LogP contribution in [0.4, 0.5) is 5.69 Å². The minimum atomic E-state index is -0.781. The third kappa shape index (κ3) is 3.84. The molecule has 1 aromatic carbocycles. The summed E-state index contributed by atoms with van der Waals surface area (Å²) in [5, 5.41) is 12.2. The molecule has 0 saturated heterocycles. The van der Waals surface area contributed by atoms with Gasteiger partial charge in [0.25, 0.3) is 0 Å². The fourth-order valence-electron chi connectivity index (χ4n) is 2.11. The summed E-state index contributed by atoms with van der Waals surface area (Å²) in [5.74, 6) is -0.305. The Morgan fingerprint density at radius 3 is 2.60 bits per heavy atom. The first-order valence-electron chi connectivity index (χ1n) is 6.68. The van der Waals surface area contributed by atoms with E-state index in [1.165, 1.54) is 5.56 Å². The van der Waals surface area contributed by atoms with E-state index >= 15 is 0 Å². The second kappa shape index (κ2) is 6.57. The second-order valence-electron chi connectivity index (χ2n) is 5.03. The fourth-order valence-corrected chi connectivity index (χ4v) is 3.05. The first-order valence-corrected chi connectivity index (χ1v) is 7.50. The average molecular weight is 289 g/mol. The van der Waals surface area contributed by atoms with Gasteiger partial charge in [0, 0.05) is 22.0 Å². The molecule has 0 aliphatic carbocycles. The fraction of sp³-hybridized carbons (Fsp3) is 0.312. The lowest BCUT2D eigenvalue weighted by Crippen LogP contribution is -2.02. The predicted molar refractivity (Wildman–Crippen MR) is 83.5 cm³/mol. The van der Waals surface area contributed by atoms with Gasteiger partial charge in [0.1, 0.15) is 0 Å². The Morgan fingerprint density at radius 2 is 1.90 bits per heavy atom. The van der Waals surface area contributed by atoms with Crippen LogP contribution in [0.25, 0.3) is 0 Å². The standard InChI is InChI=1S/C16H19NO2S/c1-11(2)14-5-3-4-6-15(14)17-10-13-8-7-12(20-13)9-16(18)19/h3-8,11,17H,9-10H2,1-2H3,(H,18,19). The zero-order chi connectivity index (χ0) is 14.5. The lowest BCUT2D eigenvalue weighted by atomic mass is 10.0. The number of anilines is 1. The van der Waals surface area contributed by atoms with Crippen LogP contribution in [0.15, 0.2) is 36.4 Å². The van der Waals surface area contributed by atoms with E-state index in [-0.39, 0.29) is 6.42 Å². The molecule has 2 aromatic rings. The molecule has 3 nitrogen and oxygen atoms in total. The van der Waals surface area contributed by atoms with E-state index in [0.29, 0.717) is 5.92 Å². The van der Waals surface area contributed by atoms with Gasteiger partial charge in [-0.05, 0) is 29.7 Å². The van der Waals surface area contributed by atoms with Crippen molar-refractivity contribution in [1.29, 1.82) is 0 Å². The Kier molecular flexibility index (Phi) is 4.79. The number of hydrogen-bond donors (Lipinski definition) is 2. The summed E-state index contributed by atoms with van der Waals surface area (Å²) in [4.78, 5) is 12.7. The van der Waals surface area contributed by atoms with Crippen LogP contribution >= 0.6 is 11.3 Å². The summed E-state index contributed by atoms with van der Waals surface area (Å²) < 4.78 is 0. The van der Waals surface area contributed by atoms with Crippen molar-refractivity contribution in [2.45, 2.75) is 32.7 Å². The molecule has 0 aliphatic heterocycles. The molecule has 4 heteroatoms. The number of hydrogen-bond acceptors (Lipinski definition) is 3. The van der Waals surface area contributed by atoms with Gasteiger partial charge < -0.3 is 10.4 Å². The number of rotatable bonds is 6. The van der Waals surface area contributed by atoms with Crippen molar-refractivity contribution in [2.24, 2.45) is 0 Å². The van der Waals surface area contributed by atoms with Crippen molar-refractivity contribution in [3.05, 3.63) is 51.7 Å². The summed E-state index contributed by atoms with van der Waals surface area (Å²) in [6.45, 7) is 5.08. The molecular weight excluding hydrogens is 270 g/mol. The molecule has 0 aliphatic rings. The Hall–Kier alpha value is -1.81. The molecule has 0 amide bonds. The Morgan fingerprint density at radius 1 is 1.20 bits per heavy atom. The van der Waals surface area contributed by atoms with E-state index in [9.17, 15) is 4.79 Å². The zero-order valence-corrected chi connectivity index (χ0v) is 12.5. The molecule has 2 rings (SSSR count). The van der Waals surface area contributed by atoms with Crippen LogP contribution < -0.4 is 5.32 Å². The molecule has 0 unspecified atom stereocenters. The van der Waals surface area contributed by atoms with Gasteiger partial charge in [0.15, 0.2) is 0 Å². The molecule has 2 N–H and O–H groups in total. The third-order valence-electron chi connectivity index (χ3n) is 3.08. The Labute approximate surface area is 123 Å². The lowest BCUT2D eigenvalue weighted by Gasteiger charge is -2.13. The largest absolute Gasteiger partial charge is 0.481 e. The maximum atomic E-state index is 10.7. The van der Waals surface area contributed by atoms with Crippen LogP contribution in [-0.2, 0) is 17.8 Å². The first-order chi connectivity index (χ1) is 9.56. The van der Waals surface area contributed by atoms with Gasteiger partial charge in [-0.25, -0.2) is 0 Å². The smallest absolute Gasteiger partial charge is 0.308 e. The second-order valence-corrected chi connectivity index (χ2v) is 6.29. The monoisotopic (exact) mass is 289 g/mol. The van der Waals surface area contributed by atoms with E-state index in [2.05, 4.69) is 37.4 Å². The van der Waals surface area contributed by atoms with E-state index in [4.69, 9.17) is 5.11 Å². The zero-order valence-electron chi connectivity index (χ0n) is 11.7. The number of aliphatic carboxylic acids is 1. The molecule has 1 aromatic heterocycles. The molecule has 0 radical (unpaired) electrons. The van der Waals surface area contributed by atoms with Crippen LogP contribution in [0.5, 0.6) is 0 Å². The molecule has 106 valence electrons. The van der Waals surface area contributed by atoms with Gasteiger partial charge in [-0.1, -0.05) is 32.0 Å². The van der Waals surface area contributed by atoms with Crippen molar-refractivity contribution < 1.29 is 9.90 Å². The van der Waals surface area contributed by atoms with E-state index in [1.807, 2.05) is 18.2 Å². The lowest BCUT2D eigenvalue weighted by molar-refractivity contribution is -0.136. The van der Waals surface area contributed by atoms with Crippen LogP contribution in [-0.4, -0.2) is 11.1 Å². The van der Waals surface area contributed by atoms with Crippen molar-refractivity contribution in [2.75, 3.05) is 5.32 Å². The van der Waals surface area contributed by atoms with Gasteiger partial charge in [-0.3, -0.25) is 4.79 Å². The van der Waals surface area contributed by atoms with Gasteiger partial charge in [-0.15, -0.1) is 11.3 Å². The van der Waals surface area contributed by atoms with Crippen LogP contribution in [0, 0.1) is 0 Å². The highest BCUT2D eigenvalue weighted by atomic mass is 32.1. The quantitative estimate of drug-likeness (QED) is 0.841. The summed E-state index contributed by atoms with van der Waals surface area (Å²) >= 11 is 1.55. The SMILES string of the molecule is CC(C)c1ccccc1NCc1ccc(CC(=O)O)s1. The molecule has 1 heterocycles. The highest BCUT2D eigenvalue weighted by molar-refractivity contribution is 7.12. The average Bonchev–Trinajstić information content (AvgIpc) is 2.83. The maximum absolute atomic E-state index is 10.7. The summed E-state index contributed by atoms with van der Waals surface area (Å²) in [5.41, 5.74) is 2.45. The van der Waals surface area contributed by atoms with Crippen molar-refractivity contribution in [3.8, 4) is 0 Å². The van der Waals surface area contributed by atoms with Gasteiger partial charge in [0.05, 0.1) is 6.42 Å². The number of carboxylic acid groups (broad SMARTS) is 1. The summed E-state index contributed by atoms with van der Waals surface area (Å²) in [7, 11) is 0. The molecular formula is C16H19NO2S. The van der Waals surface area contributed by atoms with Crippen LogP contribution in [0.1, 0.15) is 35.1 Å². The minimum Gasteiger partial charge on any atom is -0.481 e. The number of para-hydroxylation sites is 1. The van der Waals surface area contributed by atoms with E-state index in [1.54, 1.807) is 11.3 Å². The number of thiophene rings is 1. The predicted octanol–water partition coefficient (Wildman–Crippen LogP) is 4.11. The molecule has 0 spiro atoms. The highest BCUT2D eigenvalue weighted by Gasteiger charge is 2.07. The summed E-state index contributed by atoms with van der Waals surface area (Å²) in [6.07, 6.45) is 0.104. The number of carboxylic acids is 1. The van der Waals surface area contributed by atoms with E-state index < -0.39 is 5.97 Å². The van der Waals surface area contributed by atoms with Crippen LogP contribution in [0.3, 0.4) is 0 Å². The normalized spacial score (nSPS) is 10.8. The van der Waals surface area contributed by atoms with Gasteiger partial charge >= 0.3 is 5.97 Å². The minimum absolute atomic E-state index is 0.104. The summed E-state index contributed by atoms with van der Waals surface area (Å²) in [6, 6.07) is 12.2. The van der Waals surface area contributed by atoms with Gasteiger partial charge in [-0.2, -0.15) is 0 Å². The Bertz CT molecular complexity index is 590. The number of nitrogens with one attached hydrogen (secondary N) is 1. The number of carbonyl (C=O) groups is 1. The topological polar surface area (TPSA) is 49.3 Å². The molecule has 20 heavy (non-hydrogen) atoms. The maximum Gasteiger partial charge on any atom is 0.308 e. The molecule has 0 fully saturated rings. The van der Waals surface area contributed by atoms with Gasteiger partial charge in [0.2, 0.25) is 0 Å². The van der Waals surface area contributed by atoms with Crippen LogP contribution in [0.2, 0.25) is 0 Å². The molecule has 0 saturated carbocycles. The number of benzene rings is 1. The first kappa shape index (κ1) is 14.6.